The number of hydrogen-bond donors (Lipinski definition) is 0. The topological polar surface area (TPSA) is 12.5 Å². The number of rotatable bonds is 3. The molecule has 84 valence electrons. The molecule has 0 spiro atoms. The number of ether oxygens (including phenoxy) is 1. The van der Waals surface area contributed by atoms with E-state index in [4.69, 9.17) is 4.74 Å². The molecular weight excluding hydrogens is 174 g/mol. The number of hydrogen-bond acceptors (Lipinski definition) is 2. The molecule has 0 aromatic heterocycles. The molecule has 1 aliphatic rings. The van der Waals surface area contributed by atoms with E-state index in [9.17, 15) is 0 Å². The molecule has 2 nitrogen and oxygen atoms in total. The summed E-state index contributed by atoms with van der Waals surface area (Å²) in [5, 5.41) is 0. The Morgan fingerprint density at radius 1 is 1.07 bits per heavy atom. The molecule has 14 heavy (non-hydrogen) atoms. The van der Waals surface area contributed by atoms with E-state index in [0.29, 0.717) is 5.54 Å². The zero-order chi connectivity index (χ0) is 10.8. The third-order valence-corrected chi connectivity index (χ3v) is 3.94. The average Bonchev–Trinajstić information content (AvgIpc) is 2.18. The lowest BCUT2D eigenvalue weighted by Crippen LogP contribution is -2.54. The van der Waals surface area contributed by atoms with Crippen molar-refractivity contribution in [2.45, 2.75) is 40.2 Å². The van der Waals surface area contributed by atoms with Crippen LogP contribution in [-0.4, -0.2) is 36.7 Å². The molecule has 0 aromatic carbocycles. The minimum absolute atomic E-state index is 0.304. The summed E-state index contributed by atoms with van der Waals surface area (Å²) in [6.45, 7) is 15.7. The Kier molecular flexibility index (Phi) is 3.96. The molecule has 0 saturated carbocycles. The highest BCUT2D eigenvalue weighted by molar-refractivity contribution is 4.88. The predicted molar refractivity (Wildman–Crippen MR) is 60.5 cm³/mol. The van der Waals surface area contributed by atoms with Gasteiger partial charge in [0, 0.05) is 18.6 Å². The first-order valence-corrected chi connectivity index (χ1v) is 5.79. The van der Waals surface area contributed by atoms with Gasteiger partial charge in [-0.05, 0) is 25.7 Å². The first kappa shape index (κ1) is 12.0. The van der Waals surface area contributed by atoms with Crippen molar-refractivity contribution in [3.8, 4) is 0 Å². The fraction of sp³-hybridized carbons (Fsp3) is 1.00. The Hall–Kier alpha value is -0.0800. The van der Waals surface area contributed by atoms with Crippen LogP contribution in [0.5, 0.6) is 0 Å². The van der Waals surface area contributed by atoms with Gasteiger partial charge in [0.25, 0.3) is 0 Å². The van der Waals surface area contributed by atoms with Crippen molar-refractivity contribution in [3.63, 3.8) is 0 Å². The molecule has 1 saturated heterocycles. The summed E-state index contributed by atoms with van der Waals surface area (Å²) in [6.07, 6.45) is 0. The molecular formula is C12H25NO. The Morgan fingerprint density at radius 2 is 1.57 bits per heavy atom. The van der Waals surface area contributed by atoms with E-state index in [2.05, 4.69) is 39.5 Å². The highest BCUT2D eigenvalue weighted by atomic mass is 16.5. The van der Waals surface area contributed by atoms with Crippen LogP contribution >= 0.6 is 0 Å². The number of morpholine rings is 1. The van der Waals surface area contributed by atoms with Gasteiger partial charge in [-0.1, -0.05) is 20.8 Å². The van der Waals surface area contributed by atoms with E-state index in [1.807, 2.05) is 0 Å². The highest BCUT2D eigenvalue weighted by Crippen LogP contribution is 2.30. The van der Waals surface area contributed by atoms with E-state index in [1.165, 1.54) is 0 Å². The van der Waals surface area contributed by atoms with Gasteiger partial charge in [0.2, 0.25) is 0 Å². The summed E-state index contributed by atoms with van der Waals surface area (Å²) in [6, 6.07) is 0. The summed E-state index contributed by atoms with van der Waals surface area (Å²) in [7, 11) is 0. The van der Waals surface area contributed by atoms with E-state index in [-0.39, 0.29) is 0 Å². The Bertz CT molecular complexity index is 171. The standard InChI is InChI=1S/C12H25NO/c1-10(2)11(3)12(4,5)13-6-8-14-9-7-13/h10-11H,6-9H2,1-5H3. The normalized spacial score (nSPS) is 22.7. The van der Waals surface area contributed by atoms with Crippen LogP contribution in [0, 0.1) is 11.8 Å². The maximum absolute atomic E-state index is 5.39. The van der Waals surface area contributed by atoms with Crippen molar-refractivity contribution < 1.29 is 4.74 Å². The maximum Gasteiger partial charge on any atom is 0.0594 e. The monoisotopic (exact) mass is 199 g/mol. The van der Waals surface area contributed by atoms with Crippen LogP contribution < -0.4 is 0 Å². The van der Waals surface area contributed by atoms with Crippen molar-refractivity contribution in [1.29, 1.82) is 0 Å². The largest absolute Gasteiger partial charge is 0.379 e. The third-order valence-electron chi connectivity index (χ3n) is 3.94. The van der Waals surface area contributed by atoms with Crippen LogP contribution in [-0.2, 0) is 4.74 Å². The van der Waals surface area contributed by atoms with E-state index >= 15 is 0 Å². The second kappa shape index (κ2) is 4.63. The number of nitrogens with zero attached hydrogens (tertiary/aromatic N) is 1. The van der Waals surface area contributed by atoms with Gasteiger partial charge in [-0.15, -0.1) is 0 Å². The van der Waals surface area contributed by atoms with Gasteiger partial charge >= 0.3 is 0 Å². The molecule has 0 bridgehead atoms. The summed E-state index contributed by atoms with van der Waals surface area (Å²) >= 11 is 0. The second-order valence-corrected chi connectivity index (χ2v) is 5.29. The van der Waals surface area contributed by atoms with Gasteiger partial charge < -0.3 is 4.74 Å². The second-order valence-electron chi connectivity index (χ2n) is 5.29. The zero-order valence-electron chi connectivity index (χ0n) is 10.3. The predicted octanol–water partition coefficient (Wildman–Crippen LogP) is 2.39. The SMILES string of the molecule is CC(C)C(C)C(C)(C)N1CCOCC1. The van der Waals surface area contributed by atoms with Crippen molar-refractivity contribution >= 4 is 0 Å². The molecule has 0 N–H and O–H groups in total. The Balaban J connectivity index is 2.61. The van der Waals surface area contributed by atoms with Gasteiger partial charge in [-0.3, -0.25) is 4.90 Å². The summed E-state index contributed by atoms with van der Waals surface area (Å²) in [5.41, 5.74) is 0.304. The van der Waals surface area contributed by atoms with E-state index in [1.54, 1.807) is 0 Å². The third kappa shape index (κ3) is 2.48. The lowest BCUT2D eigenvalue weighted by Gasteiger charge is -2.46. The minimum atomic E-state index is 0.304. The summed E-state index contributed by atoms with van der Waals surface area (Å²) in [4.78, 5) is 2.57. The quantitative estimate of drug-likeness (QED) is 0.692. The van der Waals surface area contributed by atoms with Crippen LogP contribution in [0.4, 0.5) is 0 Å². The van der Waals surface area contributed by atoms with Gasteiger partial charge in [0.05, 0.1) is 13.2 Å². The molecule has 2 heteroatoms. The smallest absolute Gasteiger partial charge is 0.0594 e. The lowest BCUT2D eigenvalue weighted by atomic mass is 9.79. The Morgan fingerprint density at radius 3 is 2.00 bits per heavy atom. The Labute approximate surface area is 88.6 Å². The maximum atomic E-state index is 5.39. The van der Waals surface area contributed by atoms with E-state index < -0.39 is 0 Å². The van der Waals surface area contributed by atoms with Crippen LogP contribution in [0.1, 0.15) is 34.6 Å². The lowest BCUT2D eigenvalue weighted by molar-refractivity contribution is -0.0364. The molecule has 1 aliphatic heterocycles. The summed E-state index contributed by atoms with van der Waals surface area (Å²) in [5.74, 6) is 1.47. The fourth-order valence-electron chi connectivity index (χ4n) is 2.24. The van der Waals surface area contributed by atoms with Crippen molar-refractivity contribution in [1.82, 2.24) is 4.90 Å². The average molecular weight is 199 g/mol. The molecule has 1 heterocycles. The van der Waals surface area contributed by atoms with Crippen LogP contribution in [0.2, 0.25) is 0 Å². The van der Waals surface area contributed by atoms with Gasteiger partial charge in [0.1, 0.15) is 0 Å². The van der Waals surface area contributed by atoms with Gasteiger partial charge in [-0.25, -0.2) is 0 Å². The van der Waals surface area contributed by atoms with Crippen molar-refractivity contribution in [2.24, 2.45) is 11.8 Å². The van der Waals surface area contributed by atoms with Crippen molar-refractivity contribution in [2.75, 3.05) is 26.3 Å². The minimum Gasteiger partial charge on any atom is -0.379 e. The van der Waals surface area contributed by atoms with Crippen LogP contribution in [0.25, 0.3) is 0 Å². The molecule has 1 unspecified atom stereocenters. The van der Waals surface area contributed by atoms with Crippen molar-refractivity contribution in [3.05, 3.63) is 0 Å². The molecule has 1 fully saturated rings. The molecule has 1 atom stereocenters. The van der Waals surface area contributed by atoms with Crippen LogP contribution in [0.3, 0.4) is 0 Å². The highest BCUT2D eigenvalue weighted by Gasteiger charge is 2.34. The van der Waals surface area contributed by atoms with Crippen LogP contribution in [0.15, 0.2) is 0 Å². The van der Waals surface area contributed by atoms with Gasteiger partial charge in [0.15, 0.2) is 0 Å². The van der Waals surface area contributed by atoms with Gasteiger partial charge in [-0.2, -0.15) is 0 Å². The molecule has 0 radical (unpaired) electrons. The first-order valence-electron chi connectivity index (χ1n) is 5.79. The first-order chi connectivity index (χ1) is 6.46. The summed E-state index contributed by atoms with van der Waals surface area (Å²) < 4.78 is 5.39. The molecule has 0 amide bonds. The molecule has 1 rings (SSSR count). The van der Waals surface area contributed by atoms with E-state index in [0.717, 1.165) is 38.1 Å². The fourth-order valence-corrected chi connectivity index (χ4v) is 2.24. The molecule has 0 aliphatic carbocycles. The zero-order valence-corrected chi connectivity index (χ0v) is 10.3. The molecule has 0 aromatic rings.